The number of fused-ring (bicyclic) bond motifs is 3. The lowest BCUT2D eigenvalue weighted by atomic mass is 9.93. The molecule has 0 aliphatic carbocycles. The van der Waals surface area contributed by atoms with Crippen molar-refractivity contribution < 1.29 is 33.8 Å². The van der Waals surface area contributed by atoms with Gasteiger partial charge in [-0.3, -0.25) is 39.4 Å². The summed E-state index contributed by atoms with van der Waals surface area (Å²) in [5.74, 6) is -1.34. The molecule has 1 unspecified atom stereocenters. The summed E-state index contributed by atoms with van der Waals surface area (Å²) in [6.07, 6.45) is 2.18. The number of para-hydroxylation sites is 1. The van der Waals surface area contributed by atoms with Gasteiger partial charge in [-0.1, -0.05) is 41.7 Å². The predicted octanol–water partition coefficient (Wildman–Crippen LogP) is 6.61. The van der Waals surface area contributed by atoms with Crippen LogP contribution in [0.15, 0.2) is 91.0 Å². The molecule has 17 nitrogen and oxygen atoms in total. The second-order valence-corrected chi connectivity index (χ2v) is 19.0. The Hall–Kier alpha value is -7.54. The number of thiazole rings is 1. The van der Waals surface area contributed by atoms with Crippen molar-refractivity contribution in [1.82, 2.24) is 34.9 Å². The number of amides is 4. The summed E-state index contributed by atoms with van der Waals surface area (Å²) in [6, 6.07) is 28.4. The van der Waals surface area contributed by atoms with Gasteiger partial charge in [0.2, 0.25) is 17.7 Å². The number of carbonyl (C=O) groups is 5. The molecule has 1 atom stereocenters. The van der Waals surface area contributed by atoms with Gasteiger partial charge in [0.15, 0.2) is 10.8 Å². The van der Waals surface area contributed by atoms with Gasteiger partial charge in [-0.15, -0.1) is 0 Å². The van der Waals surface area contributed by atoms with E-state index in [9.17, 15) is 29.1 Å². The number of benzene rings is 4. The van der Waals surface area contributed by atoms with Crippen molar-refractivity contribution in [2.24, 2.45) is 7.05 Å². The van der Waals surface area contributed by atoms with Crippen LogP contribution >= 0.6 is 11.3 Å². The lowest BCUT2D eigenvalue weighted by molar-refractivity contribution is -0.134. The molecule has 4 aromatic carbocycles. The van der Waals surface area contributed by atoms with E-state index in [2.05, 4.69) is 40.8 Å². The molecule has 7 aromatic rings. The minimum absolute atomic E-state index is 0.0474. The highest BCUT2D eigenvalue weighted by atomic mass is 32.1. The van der Waals surface area contributed by atoms with Crippen LogP contribution in [0.5, 0.6) is 5.75 Å². The Labute approximate surface area is 407 Å². The SMILES string of the molecule is Cc1cc(OCCCN2CCN(CC(=O)Nc3ccc4c(C5CCC(=O)NC5=O)nn(C)c4c3)CC2)ccc1-c1ccc(N2CCc3cccc(C(=O)Nc4nc5ccccc5s4)c3C2)nc1C(=O)O. The quantitative estimate of drug-likeness (QED) is 0.0670. The van der Waals surface area contributed by atoms with Crippen molar-refractivity contribution in [3.8, 4) is 16.9 Å². The molecule has 0 radical (unpaired) electrons. The van der Waals surface area contributed by atoms with E-state index in [1.807, 2.05) is 103 Å². The van der Waals surface area contributed by atoms with Gasteiger partial charge in [0, 0.05) is 81.5 Å². The van der Waals surface area contributed by atoms with Gasteiger partial charge in [0.25, 0.3) is 5.91 Å². The van der Waals surface area contributed by atoms with Gasteiger partial charge in [0.1, 0.15) is 11.6 Å². The molecule has 0 saturated carbocycles. The van der Waals surface area contributed by atoms with Gasteiger partial charge in [-0.25, -0.2) is 14.8 Å². The molecule has 3 aromatic heterocycles. The molecule has 3 aliphatic rings. The maximum Gasteiger partial charge on any atom is 0.355 e. The van der Waals surface area contributed by atoms with Gasteiger partial charge in [-0.05, 0) is 109 Å². The molecule has 0 spiro atoms. The number of aromatic nitrogens is 4. The van der Waals surface area contributed by atoms with Gasteiger partial charge in [-0.2, -0.15) is 5.10 Å². The number of nitrogens with one attached hydrogen (secondary N) is 3. The number of nitrogens with zero attached hydrogens (tertiary/aromatic N) is 7. The first-order valence-electron chi connectivity index (χ1n) is 23.5. The van der Waals surface area contributed by atoms with Crippen LogP contribution in [-0.4, -0.2) is 117 Å². The van der Waals surface area contributed by atoms with Crippen LogP contribution in [0.1, 0.15) is 68.4 Å². The van der Waals surface area contributed by atoms with E-state index in [4.69, 9.17) is 4.74 Å². The van der Waals surface area contributed by atoms with E-state index in [0.29, 0.717) is 71.7 Å². The number of hydrogen-bond acceptors (Lipinski definition) is 13. The van der Waals surface area contributed by atoms with Crippen molar-refractivity contribution in [3.63, 3.8) is 0 Å². The molecule has 10 rings (SSSR count). The smallest absolute Gasteiger partial charge is 0.355 e. The average Bonchev–Trinajstić information content (AvgIpc) is 3.92. The highest BCUT2D eigenvalue weighted by molar-refractivity contribution is 7.22. The summed E-state index contributed by atoms with van der Waals surface area (Å²) in [5, 5.41) is 24.7. The maximum atomic E-state index is 13.6. The first kappa shape index (κ1) is 46.2. The first-order valence-corrected chi connectivity index (χ1v) is 24.3. The largest absolute Gasteiger partial charge is 0.494 e. The van der Waals surface area contributed by atoms with E-state index >= 15 is 0 Å². The van der Waals surface area contributed by atoms with Gasteiger partial charge in [0.05, 0.1) is 40.5 Å². The summed E-state index contributed by atoms with van der Waals surface area (Å²) in [6.45, 7) is 7.78. The maximum absolute atomic E-state index is 13.6. The normalized spacial score (nSPS) is 16.5. The molecule has 70 heavy (non-hydrogen) atoms. The third kappa shape index (κ3) is 9.83. The Morgan fingerprint density at radius 2 is 1.69 bits per heavy atom. The third-order valence-corrected chi connectivity index (χ3v) is 14.3. The van der Waals surface area contributed by atoms with Crippen LogP contribution in [0.2, 0.25) is 0 Å². The predicted molar refractivity (Wildman–Crippen MR) is 268 cm³/mol. The van der Waals surface area contributed by atoms with Gasteiger partial charge < -0.3 is 25.0 Å². The van der Waals surface area contributed by atoms with Crippen molar-refractivity contribution >= 4 is 78.7 Å². The number of piperazine rings is 1. The number of imide groups is 1. The number of aromatic carboxylic acids is 1. The summed E-state index contributed by atoms with van der Waals surface area (Å²) in [7, 11) is 1.80. The molecule has 4 N–H and O–H groups in total. The van der Waals surface area contributed by atoms with Crippen LogP contribution in [0.4, 0.5) is 16.6 Å². The number of hydrogen-bond donors (Lipinski definition) is 4. The Morgan fingerprint density at radius 1 is 0.871 bits per heavy atom. The molecule has 3 aliphatic heterocycles. The van der Waals surface area contributed by atoms with Crippen molar-refractivity contribution in [3.05, 3.63) is 125 Å². The minimum atomic E-state index is -1.13. The van der Waals surface area contributed by atoms with E-state index in [-0.39, 0.29) is 42.3 Å². The Morgan fingerprint density at radius 3 is 2.49 bits per heavy atom. The molecule has 6 heterocycles. The van der Waals surface area contributed by atoms with Gasteiger partial charge >= 0.3 is 5.97 Å². The number of ether oxygens (including phenoxy) is 1. The number of carbonyl (C=O) groups excluding carboxylic acids is 4. The van der Waals surface area contributed by atoms with Crippen LogP contribution in [0, 0.1) is 6.92 Å². The van der Waals surface area contributed by atoms with E-state index in [1.165, 1.54) is 11.3 Å². The molecule has 2 fully saturated rings. The molecule has 358 valence electrons. The Kier molecular flexibility index (Phi) is 13.1. The molecular formula is C52H52N10O7S. The standard InChI is InChI=1S/C52H52N10O7S/c1-31-27-34(69-26-6-20-60-22-24-61(25-23-60)30-46(64)53-33-11-13-38-42(28-33)59(2)58-47(38)39-16-18-45(63)56-50(39)66)12-14-35(31)36-15-17-44(55-48(36)51(67)68)62-21-19-32-7-5-8-37(40(32)29-62)49(65)57-52-54-41-9-3-4-10-43(41)70-52/h3-5,7-15,17,27-28,39H,6,16,18-26,29-30H2,1-2H3,(H,53,64)(H,67,68)(H,54,57,65)(H,56,63,66). The zero-order valence-corrected chi connectivity index (χ0v) is 39.7. The van der Waals surface area contributed by atoms with Crippen molar-refractivity contribution in [2.45, 2.75) is 45.1 Å². The highest BCUT2D eigenvalue weighted by Crippen LogP contribution is 2.35. The first-order chi connectivity index (χ1) is 33.9. The Bertz CT molecular complexity index is 3160. The fourth-order valence-electron chi connectivity index (χ4n) is 9.74. The zero-order chi connectivity index (χ0) is 48.5. The average molecular weight is 961 g/mol. The third-order valence-electron chi connectivity index (χ3n) is 13.4. The topological polar surface area (TPSA) is 204 Å². The molecule has 2 saturated heterocycles. The van der Waals surface area contributed by atoms with Crippen LogP contribution in [0.3, 0.4) is 0 Å². The summed E-state index contributed by atoms with van der Waals surface area (Å²) >= 11 is 1.43. The van der Waals surface area contributed by atoms with E-state index in [1.54, 1.807) is 11.7 Å². The molecule has 18 heteroatoms. The Balaban J connectivity index is 0.692. The number of pyridine rings is 1. The van der Waals surface area contributed by atoms with E-state index < -0.39 is 11.9 Å². The lowest BCUT2D eigenvalue weighted by Gasteiger charge is -2.34. The fraction of sp³-hybridized carbons (Fsp3) is 0.308. The number of aryl methyl sites for hydroxylation is 2. The summed E-state index contributed by atoms with van der Waals surface area (Å²) in [4.78, 5) is 79.4. The van der Waals surface area contributed by atoms with E-state index in [0.717, 1.165) is 82.5 Å². The zero-order valence-electron chi connectivity index (χ0n) is 38.9. The monoisotopic (exact) mass is 960 g/mol. The minimum Gasteiger partial charge on any atom is -0.494 e. The number of anilines is 3. The summed E-state index contributed by atoms with van der Waals surface area (Å²) < 4.78 is 8.85. The molecular weight excluding hydrogens is 909 g/mol. The second kappa shape index (κ2) is 19.8. The number of piperidine rings is 1. The number of rotatable bonds is 14. The number of carboxylic acid groups (broad SMARTS) is 1. The molecule has 0 bridgehead atoms. The van der Waals surface area contributed by atoms with Crippen molar-refractivity contribution in [1.29, 1.82) is 0 Å². The second-order valence-electron chi connectivity index (χ2n) is 18.0. The molecule has 4 amide bonds. The lowest BCUT2D eigenvalue weighted by Crippen LogP contribution is -2.48. The van der Waals surface area contributed by atoms with Crippen LogP contribution in [0.25, 0.3) is 32.2 Å². The van der Waals surface area contributed by atoms with Crippen LogP contribution < -0.4 is 25.6 Å². The number of carboxylic acids is 1. The van der Waals surface area contributed by atoms with Crippen molar-refractivity contribution in [2.75, 3.05) is 68.0 Å². The highest BCUT2D eigenvalue weighted by Gasteiger charge is 2.32. The fourth-order valence-corrected chi connectivity index (χ4v) is 10.6. The summed E-state index contributed by atoms with van der Waals surface area (Å²) in [5.41, 5.74) is 7.49. The van der Waals surface area contributed by atoms with Crippen LogP contribution in [-0.2, 0) is 34.4 Å².